The van der Waals surface area contributed by atoms with Crippen molar-refractivity contribution in [3.8, 4) is 0 Å². The first-order chi connectivity index (χ1) is 12.1. The molecule has 0 aliphatic carbocycles. The van der Waals surface area contributed by atoms with E-state index >= 15 is 0 Å². The Labute approximate surface area is 147 Å². The van der Waals surface area contributed by atoms with E-state index in [1.54, 1.807) is 17.7 Å². The quantitative estimate of drug-likeness (QED) is 0.847. The molecule has 2 heterocycles. The van der Waals surface area contributed by atoms with Crippen molar-refractivity contribution in [2.75, 3.05) is 49.5 Å². The summed E-state index contributed by atoms with van der Waals surface area (Å²) in [6.45, 7) is 5.32. The Morgan fingerprint density at radius 1 is 0.960 bits per heavy atom. The summed E-state index contributed by atoms with van der Waals surface area (Å²) >= 11 is 0. The minimum Gasteiger partial charge on any atom is -0.384 e. The maximum Gasteiger partial charge on any atom is 0.332 e. The van der Waals surface area contributed by atoms with Crippen LogP contribution in [0.4, 0.5) is 11.5 Å². The van der Waals surface area contributed by atoms with Crippen molar-refractivity contribution >= 4 is 11.5 Å². The number of piperazine rings is 1. The minimum atomic E-state index is -0.281. The van der Waals surface area contributed by atoms with Crippen LogP contribution >= 0.6 is 0 Å². The monoisotopic (exact) mass is 343 g/mol. The first kappa shape index (κ1) is 17.3. The summed E-state index contributed by atoms with van der Waals surface area (Å²) < 4.78 is 2.68. The highest BCUT2D eigenvalue weighted by Gasteiger charge is 2.19. The van der Waals surface area contributed by atoms with Gasteiger partial charge in [-0.05, 0) is 12.1 Å². The zero-order valence-electron chi connectivity index (χ0n) is 14.8. The molecular formula is C18H25N5O2. The molecule has 0 saturated carbocycles. The standard InChI is InChI=1S/C18H25N5O2/c1-20-16(14-17(24)21(2)18(20)25)23-12-10-22(11-13-23)9-8-19-15-6-4-3-5-7-15/h3-7,14,19H,8-13H2,1-2H3. The lowest BCUT2D eigenvalue weighted by atomic mass is 10.3. The minimum absolute atomic E-state index is 0.257. The maximum atomic E-state index is 12.1. The molecular weight excluding hydrogens is 318 g/mol. The van der Waals surface area contributed by atoms with E-state index in [0.29, 0.717) is 5.82 Å². The fourth-order valence-electron chi connectivity index (χ4n) is 3.14. The van der Waals surface area contributed by atoms with E-state index in [1.165, 1.54) is 7.05 Å². The Bertz CT molecular complexity index is 820. The molecule has 7 nitrogen and oxygen atoms in total. The fourth-order valence-corrected chi connectivity index (χ4v) is 3.14. The van der Waals surface area contributed by atoms with Gasteiger partial charge < -0.3 is 10.2 Å². The van der Waals surface area contributed by atoms with Crippen LogP contribution in [0.25, 0.3) is 0 Å². The molecule has 1 fully saturated rings. The highest BCUT2D eigenvalue weighted by Crippen LogP contribution is 2.12. The van der Waals surface area contributed by atoms with E-state index in [4.69, 9.17) is 0 Å². The number of anilines is 2. The second-order valence-electron chi connectivity index (χ2n) is 6.36. The van der Waals surface area contributed by atoms with Crippen molar-refractivity contribution in [2.45, 2.75) is 0 Å². The van der Waals surface area contributed by atoms with Crippen molar-refractivity contribution in [2.24, 2.45) is 14.1 Å². The second kappa shape index (κ2) is 7.57. The third-order valence-electron chi connectivity index (χ3n) is 4.73. The van der Waals surface area contributed by atoms with Crippen molar-refractivity contribution in [3.63, 3.8) is 0 Å². The Kier molecular flexibility index (Phi) is 5.23. The first-order valence-corrected chi connectivity index (χ1v) is 8.59. The van der Waals surface area contributed by atoms with Gasteiger partial charge in [0, 0.05) is 65.1 Å². The average molecular weight is 343 g/mol. The van der Waals surface area contributed by atoms with Crippen LogP contribution in [0.2, 0.25) is 0 Å². The highest BCUT2D eigenvalue weighted by molar-refractivity contribution is 5.42. The second-order valence-corrected chi connectivity index (χ2v) is 6.36. The molecule has 0 unspecified atom stereocenters. The molecule has 1 aromatic heterocycles. The predicted molar refractivity (Wildman–Crippen MR) is 101 cm³/mol. The van der Waals surface area contributed by atoms with Crippen molar-refractivity contribution in [1.29, 1.82) is 0 Å². The van der Waals surface area contributed by atoms with Gasteiger partial charge in [-0.2, -0.15) is 0 Å². The van der Waals surface area contributed by atoms with Crippen molar-refractivity contribution in [1.82, 2.24) is 14.0 Å². The number of para-hydroxylation sites is 1. The van der Waals surface area contributed by atoms with Crippen molar-refractivity contribution < 1.29 is 0 Å². The Hall–Kier alpha value is -2.54. The van der Waals surface area contributed by atoms with Gasteiger partial charge >= 0.3 is 5.69 Å². The summed E-state index contributed by atoms with van der Waals surface area (Å²) in [4.78, 5) is 28.5. The summed E-state index contributed by atoms with van der Waals surface area (Å²) in [7, 11) is 3.22. The molecule has 3 rings (SSSR count). The largest absolute Gasteiger partial charge is 0.384 e. The van der Waals surface area contributed by atoms with E-state index in [1.807, 2.05) is 18.2 Å². The van der Waals surface area contributed by atoms with E-state index in [9.17, 15) is 9.59 Å². The zero-order valence-corrected chi connectivity index (χ0v) is 14.8. The van der Waals surface area contributed by atoms with Crippen LogP contribution < -0.4 is 21.5 Å². The third-order valence-corrected chi connectivity index (χ3v) is 4.73. The topological polar surface area (TPSA) is 62.5 Å². The fraction of sp³-hybridized carbons (Fsp3) is 0.444. The molecule has 0 atom stereocenters. The lowest BCUT2D eigenvalue weighted by Gasteiger charge is -2.36. The van der Waals surface area contributed by atoms with Gasteiger partial charge in [-0.3, -0.25) is 18.8 Å². The Balaban J connectivity index is 1.54. The third kappa shape index (κ3) is 3.93. The smallest absolute Gasteiger partial charge is 0.332 e. The van der Waals surface area contributed by atoms with Gasteiger partial charge in [-0.25, -0.2) is 4.79 Å². The molecule has 1 aromatic carbocycles. The van der Waals surface area contributed by atoms with E-state index < -0.39 is 0 Å². The lowest BCUT2D eigenvalue weighted by molar-refractivity contribution is 0.266. The number of benzene rings is 1. The first-order valence-electron chi connectivity index (χ1n) is 8.59. The number of nitrogens with one attached hydrogen (secondary N) is 1. The molecule has 1 saturated heterocycles. The van der Waals surface area contributed by atoms with Gasteiger partial charge in [0.15, 0.2) is 0 Å². The molecule has 0 spiro atoms. The van der Waals surface area contributed by atoms with Crippen molar-refractivity contribution in [3.05, 3.63) is 57.2 Å². The van der Waals surface area contributed by atoms with Gasteiger partial charge in [0.25, 0.3) is 5.56 Å². The molecule has 1 aliphatic heterocycles. The van der Waals surface area contributed by atoms with Gasteiger partial charge in [0.1, 0.15) is 5.82 Å². The summed E-state index contributed by atoms with van der Waals surface area (Å²) in [6, 6.07) is 11.7. The molecule has 1 aliphatic rings. The van der Waals surface area contributed by atoms with Crippen LogP contribution in [0.3, 0.4) is 0 Å². The van der Waals surface area contributed by atoms with Gasteiger partial charge in [-0.1, -0.05) is 18.2 Å². The van der Waals surface area contributed by atoms with Crippen LogP contribution in [0.15, 0.2) is 46.0 Å². The highest BCUT2D eigenvalue weighted by atomic mass is 16.2. The number of nitrogens with zero attached hydrogens (tertiary/aromatic N) is 4. The molecule has 1 N–H and O–H groups in total. The summed E-state index contributed by atoms with van der Waals surface area (Å²) in [6.07, 6.45) is 0. The predicted octanol–water partition coefficient (Wildman–Crippen LogP) is 0.318. The lowest BCUT2D eigenvalue weighted by Crippen LogP contribution is -2.50. The van der Waals surface area contributed by atoms with Gasteiger partial charge in [-0.15, -0.1) is 0 Å². The Morgan fingerprint density at radius 3 is 2.32 bits per heavy atom. The molecule has 25 heavy (non-hydrogen) atoms. The maximum absolute atomic E-state index is 12.1. The van der Waals surface area contributed by atoms with Crippen LogP contribution in [0, 0.1) is 0 Å². The average Bonchev–Trinajstić information content (AvgIpc) is 2.64. The van der Waals surface area contributed by atoms with E-state index in [0.717, 1.165) is 49.5 Å². The van der Waals surface area contributed by atoms with Gasteiger partial charge in [0.05, 0.1) is 0 Å². The summed E-state index contributed by atoms with van der Waals surface area (Å²) in [5, 5.41) is 3.42. The van der Waals surface area contributed by atoms with Gasteiger partial charge in [0.2, 0.25) is 0 Å². The molecule has 7 heteroatoms. The van der Waals surface area contributed by atoms with E-state index in [-0.39, 0.29) is 11.2 Å². The molecule has 0 amide bonds. The normalized spacial score (nSPS) is 15.4. The zero-order chi connectivity index (χ0) is 17.8. The molecule has 0 radical (unpaired) electrons. The number of hydrogen-bond donors (Lipinski definition) is 1. The van der Waals surface area contributed by atoms with Crippen LogP contribution in [0.5, 0.6) is 0 Å². The SMILES string of the molecule is Cn1c(N2CCN(CCNc3ccccc3)CC2)cc(=O)n(C)c1=O. The number of hydrogen-bond acceptors (Lipinski definition) is 5. The van der Waals surface area contributed by atoms with Crippen LogP contribution in [-0.4, -0.2) is 53.3 Å². The number of rotatable bonds is 5. The molecule has 2 aromatic rings. The van der Waals surface area contributed by atoms with Crippen LogP contribution in [-0.2, 0) is 14.1 Å². The van der Waals surface area contributed by atoms with E-state index in [2.05, 4.69) is 27.2 Å². The Morgan fingerprint density at radius 2 is 1.64 bits per heavy atom. The molecule has 134 valence electrons. The summed E-state index contributed by atoms with van der Waals surface area (Å²) in [5.41, 5.74) is 0.598. The van der Waals surface area contributed by atoms with Crippen LogP contribution in [0.1, 0.15) is 0 Å². The summed E-state index contributed by atoms with van der Waals surface area (Å²) in [5.74, 6) is 0.704. The molecule has 0 bridgehead atoms. The number of aromatic nitrogens is 2.